The molecule has 3 heteroatoms. The largest absolute Gasteiger partial charge is 0.355 e. The lowest BCUT2D eigenvalue weighted by Gasteiger charge is -2.40. The second kappa shape index (κ2) is 3.73. The monoisotopic (exact) mass is 171 g/mol. The van der Waals surface area contributed by atoms with Gasteiger partial charge in [0.05, 0.1) is 12.7 Å². The Hall–Kier alpha value is -0.120. The second-order valence-corrected chi connectivity index (χ2v) is 3.78. The first-order chi connectivity index (χ1) is 5.92. The van der Waals surface area contributed by atoms with Gasteiger partial charge < -0.3 is 15.2 Å². The normalized spacial score (nSPS) is 42.2. The van der Waals surface area contributed by atoms with Gasteiger partial charge in [-0.3, -0.25) is 0 Å². The van der Waals surface area contributed by atoms with Crippen LogP contribution in [0.1, 0.15) is 19.3 Å². The number of nitrogens with two attached hydrogens (primary N) is 1. The lowest BCUT2D eigenvalue weighted by Crippen LogP contribution is -2.44. The van der Waals surface area contributed by atoms with E-state index >= 15 is 0 Å². The maximum absolute atomic E-state index is 5.70. The Morgan fingerprint density at radius 3 is 3.08 bits per heavy atom. The molecular weight excluding hydrogens is 154 g/mol. The highest BCUT2D eigenvalue weighted by molar-refractivity contribution is 4.84. The molecule has 2 rings (SSSR count). The SMILES string of the molecule is NCC1CCCC2OCOCC12. The summed E-state index contributed by atoms with van der Waals surface area (Å²) in [4.78, 5) is 0. The fourth-order valence-corrected chi connectivity index (χ4v) is 2.38. The van der Waals surface area contributed by atoms with Crippen LogP contribution in [0.4, 0.5) is 0 Å². The summed E-state index contributed by atoms with van der Waals surface area (Å²) in [7, 11) is 0. The molecule has 0 aromatic carbocycles. The van der Waals surface area contributed by atoms with Gasteiger partial charge in [0.15, 0.2) is 0 Å². The Kier molecular flexibility index (Phi) is 2.63. The van der Waals surface area contributed by atoms with E-state index in [2.05, 4.69) is 0 Å². The van der Waals surface area contributed by atoms with Crippen molar-refractivity contribution in [3.8, 4) is 0 Å². The van der Waals surface area contributed by atoms with Crippen molar-refractivity contribution in [1.29, 1.82) is 0 Å². The summed E-state index contributed by atoms with van der Waals surface area (Å²) in [5.41, 5.74) is 5.70. The summed E-state index contributed by atoms with van der Waals surface area (Å²) < 4.78 is 10.8. The van der Waals surface area contributed by atoms with Gasteiger partial charge in [-0.25, -0.2) is 0 Å². The third kappa shape index (κ3) is 1.49. The van der Waals surface area contributed by atoms with E-state index in [4.69, 9.17) is 15.2 Å². The van der Waals surface area contributed by atoms with Gasteiger partial charge in [0, 0.05) is 5.92 Å². The molecule has 0 aromatic rings. The quantitative estimate of drug-likeness (QED) is 0.632. The highest BCUT2D eigenvalue weighted by Gasteiger charge is 2.35. The number of fused-ring (bicyclic) bond motifs is 1. The molecule has 3 atom stereocenters. The average molecular weight is 171 g/mol. The summed E-state index contributed by atoms with van der Waals surface area (Å²) in [5, 5.41) is 0. The van der Waals surface area contributed by atoms with E-state index in [9.17, 15) is 0 Å². The maximum Gasteiger partial charge on any atom is 0.147 e. The molecule has 1 aliphatic heterocycles. The zero-order chi connectivity index (χ0) is 8.39. The van der Waals surface area contributed by atoms with Crippen LogP contribution in [0.2, 0.25) is 0 Å². The van der Waals surface area contributed by atoms with Gasteiger partial charge in [-0.15, -0.1) is 0 Å². The molecule has 0 bridgehead atoms. The molecule has 0 radical (unpaired) electrons. The van der Waals surface area contributed by atoms with Crippen molar-refractivity contribution < 1.29 is 9.47 Å². The molecule has 1 saturated carbocycles. The maximum atomic E-state index is 5.70. The second-order valence-electron chi connectivity index (χ2n) is 3.78. The number of ether oxygens (including phenoxy) is 2. The smallest absolute Gasteiger partial charge is 0.147 e. The van der Waals surface area contributed by atoms with Crippen LogP contribution in [0.3, 0.4) is 0 Å². The van der Waals surface area contributed by atoms with E-state index in [0.29, 0.717) is 24.7 Å². The predicted octanol–water partition coefficient (Wildman–Crippen LogP) is 0.734. The third-order valence-electron chi connectivity index (χ3n) is 3.13. The minimum atomic E-state index is 0.432. The van der Waals surface area contributed by atoms with Gasteiger partial charge in [0.25, 0.3) is 0 Å². The molecule has 3 unspecified atom stereocenters. The van der Waals surface area contributed by atoms with Crippen LogP contribution in [-0.2, 0) is 9.47 Å². The summed E-state index contributed by atoms with van der Waals surface area (Å²) in [6.07, 6.45) is 4.15. The van der Waals surface area contributed by atoms with Crippen LogP contribution in [0.25, 0.3) is 0 Å². The molecule has 70 valence electrons. The third-order valence-corrected chi connectivity index (χ3v) is 3.13. The first-order valence-electron chi connectivity index (χ1n) is 4.81. The van der Waals surface area contributed by atoms with Gasteiger partial charge in [0.1, 0.15) is 6.79 Å². The first-order valence-corrected chi connectivity index (χ1v) is 4.81. The van der Waals surface area contributed by atoms with Gasteiger partial charge in [-0.05, 0) is 25.3 Å². The number of hydrogen-bond acceptors (Lipinski definition) is 3. The zero-order valence-corrected chi connectivity index (χ0v) is 7.37. The molecule has 1 heterocycles. The van der Waals surface area contributed by atoms with Crippen molar-refractivity contribution in [3.63, 3.8) is 0 Å². The lowest BCUT2D eigenvalue weighted by molar-refractivity contribution is -0.191. The van der Waals surface area contributed by atoms with Crippen molar-refractivity contribution in [3.05, 3.63) is 0 Å². The van der Waals surface area contributed by atoms with Crippen molar-refractivity contribution in [2.75, 3.05) is 19.9 Å². The average Bonchev–Trinajstić information content (AvgIpc) is 2.17. The summed E-state index contributed by atoms with van der Waals surface area (Å²) in [5.74, 6) is 1.20. The highest BCUT2D eigenvalue weighted by Crippen LogP contribution is 2.33. The molecule has 2 fully saturated rings. The minimum absolute atomic E-state index is 0.432. The van der Waals surface area contributed by atoms with Crippen molar-refractivity contribution in [2.24, 2.45) is 17.6 Å². The van der Waals surface area contributed by atoms with Gasteiger partial charge in [-0.1, -0.05) is 6.42 Å². The number of hydrogen-bond donors (Lipinski definition) is 1. The zero-order valence-electron chi connectivity index (χ0n) is 7.37. The van der Waals surface area contributed by atoms with Crippen LogP contribution in [-0.4, -0.2) is 26.0 Å². The number of rotatable bonds is 1. The van der Waals surface area contributed by atoms with Crippen LogP contribution >= 0.6 is 0 Å². The van der Waals surface area contributed by atoms with Gasteiger partial charge in [-0.2, -0.15) is 0 Å². The molecule has 3 nitrogen and oxygen atoms in total. The molecule has 0 aromatic heterocycles. The fourth-order valence-electron chi connectivity index (χ4n) is 2.38. The van der Waals surface area contributed by atoms with Crippen LogP contribution in [0, 0.1) is 11.8 Å². The van der Waals surface area contributed by atoms with Gasteiger partial charge in [0.2, 0.25) is 0 Å². The standard InChI is InChI=1S/C9H17NO2/c10-4-7-2-1-3-9-8(7)5-11-6-12-9/h7-9H,1-6,10H2. The van der Waals surface area contributed by atoms with E-state index in [0.717, 1.165) is 13.2 Å². The van der Waals surface area contributed by atoms with Crippen molar-refractivity contribution in [1.82, 2.24) is 0 Å². The molecule has 1 aliphatic carbocycles. The summed E-state index contributed by atoms with van der Waals surface area (Å²) in [6, 6.07) is 0. The first kappa shape index (κ1) is 8.48. The molecule has 2 N–H and O–H groups in total. The Labute approximate surface area is 73.2 Å². The predicted molar refractivity (Wildman–Crippen MR) is 45.6 cm³/mol. The Morgan fingerprint density at radius 2 is 2.25 bits per heavy atom. The molecule has 2 aliphatic rings. The van der Waals surface area contributed by atoms with Crippen LogP contribution in [0.15, 0.2) is 0 Å². The van der Waals surface area contributed by atoms with E-state index in [1.807, 2.05) is 0 Å². The molecular formula is C9H17NO2. The van der Waals surface area contributed by atoms with Crippen molar-refractivity contribution in [2.45, 2.75) is 25.4 Å². The fraction of sp³-hybridized carbons (Fsp3) is 1.00. The van der Waals surface area contributed by atoms with E-state index in [1.165, 1.54) is 19.3 Å². The van der Waals surface area contributed by atoms with E-state index in [1.54, 1.807) is 0 Å². The Morgan fingerprint density at radius 1 is 1.33 bits per heavy atom. The minimum Gasteiger partial charge on any atom is -0.355 e. The molecule has 0 amide bonds. The molecule has 1 saturated heterocycles. The lowest BCUT2D eigenvalue weighted by atomic mass is 9.77. The van der Waals surface area contributed by atoms with E-state index in [-0.39, 0.29) is 0 Å². The molecule has 12 heavy (non-hydrogen) atoms. The van der Waals surface area contributed by atoms with E-state index < -0.39 is 0 Å². The topological polar surface area (TPSA) is 44.5 Å². The highest BCUT2D eigenvalue weighted by atomic mass is 16.7. The summed E-state index contributed by atoms with van der Waals surface area (Å²) >= 11 is 0. The Bertz CT molecular complexity index is 143. The van der Waals surface area contributed by atoms with Gasteiger partial charge >= 0.3 is 0 Å². The van der Waals surface area contributed by atoms with Crippen LogP contribution < -0.4 is 5.73 Å². The summed E-state index contributed by atoms with van der Waals surface area (Å²) in [6.45, 7) is 2.12. The van der Waals surface area contributed by atoms with Crippen molar-refractivity contribution >= 4 is 0 Å². The molecule has 0 spiro atoms. The Balaban J connectivity index is 1.99. The van der Waals surface area contributed by atoms with Crippen LogP contribution in [0.5, 0.6) is 0 Å².